The number of hydrogen-bond donors (Lipinski definition) is 1. The van der Waals surface area contributed by atoms with Crippen molar-refractivity contribution in [2.24, 2.45) is 5.16 Å². The van der Waals surface area contributed by atoms with Crippen molar-refractivity contribution in [1.82, 2.24) is 0 Å². The molecular weight excluding hydrogens is 126 g/mol. The number of ketones is 1. The number of nitrogens with zero attached hydrogens (tertiary/aromatic N) is 1. The van der Waals surface area contributed by atoms with E-state index in [9.17, 15) is 9.59 Å². The van der Waals surface area contributed by atoms with Gasteiger partial charge in [-0.05, 0) is 0 Å². The largest absolute Gasteiger partial charge is 0.475 e. The van der Waals surface area contributed by atoms with E-state index in [2.05, 4.69) is 9.99 Å². The summed E-state index contributed by atoms with van der Waals surface area (Å²) in [6, 6.07) is 0. The third-order valence-electron chi connectivity index (χ3n) is 0.486. The molecule has 0 bridgehead atoms. The standard InChI is InChI=1S/C4H5NO4/c1-9-5-2-3(6)4(7)8/h2H,1H3,(H,7,8). The van der Waals surface area contributed by atoms with Crippen LogP contribution in [0.4, 0.5) is 0 Å². The van der Waals surface area contributed by atoms with E-state index in [4.69, 9.17) is 5.11 Å². The van der Waals surface area contributed by atoms with Crippen molar-refractivity contribution in [2.75, 3.05) is 7.11 Å². The molecule has 0 aliphatic carbocycles. The summed E-state index contributed by atoms with van der Waals surface area (Å²) < 4.78 is 0. The summed E-state index contributed by atoms with van der Waals surface area (Å²) in [5, 5.41) is 10.8. The monoisotopic (exact) mass is 131 g/mol. The molecule has 0 heterocycles. The number of carbonyl (C=O) groups is 2. The van der Waals surface area contributed by atoms with Gasteiger partial charge in [0.2, 0.25) is 0 Å². The zero-order valence-corrected chi connectivity index (χ0v) is 4.70. The van der Waals surface area contributed by atoms with Crippen molar-refractivity contribution in [3.05, 3.63) is 0 Å². The predicted octanol–water partition coefficient (Wildman–Crippen LogP) is -0.728. The van der Waals surface area contributed by atoms with Crippen LogP contribution in [-0.2, 0) is 14.4 Å². The third-order valence-corrected chi connectivity index (χ3v) is 0.486. The average Bonchev–Trinajstić information content (AvgIpc) is 1.82. The van der Waals surface area contributed by atoms with Crippen molar-refractivity contribution in [1.29, 1.82) is 0 Å². The van der Waals surface area contributed by atoms with Crippen molar-refractivity contribution in [3.8, 4) is 0 Å². The number of oxime groups is 1. The molecule has 50 valence electrons. The maximum atomic E-state index is 10.1. The predicted molar refractivity (Wildman–Crippen MR) is 28.1 cm³/mol. The molecule has 0 fully saturated rings. The zero-order chi connectivity index (χ0) is 7.28. The van der Waals surface area contributed by atoms with E-state index >= 15 is 0 Å². The lowest BCUT2D eigenvalue weighted by Crippen LogP contribution is -2.13. The van der Waals surface area contributed by atoms with Crippen LogP contribution >= 0.6 is 0 Å². The fourth-order valence-corrected chi connectivity index (χ4v) is 0.156. The molecule has 0 aromatic heterocycles. The summed E-state index contributed by atoms with van der Waals surface area (Å²) in [6.45, 7) is 0. The first-order valence-corrected chi connectivity index (χ1v) is 2.02. The molecule has 5 nitrogen and oxygen atoms in total. The van der Waals surface area contributed by atoms with Crippen LogP contribution in [0, 0.1) is 0 Å². The zero-order valence-electron chi connectivity index (χ0n) is 4.70. The van der Waals surface area contributed by atoms with Gasteiger partial charge in [0.1, 0.15) is 13.3 Å². The molecule has 1 N–H and O–H groups in total. The van der Waals surface area contributed by atoms with E-state index < -0.39 is 11.8 Å². The second-order valence-corrected chi connectivity index (χ2v) is 1.09. The summed E-state index contributed by atoms with van der Waals surface area (Å²) in [5.41, 5.74) is 0. The summed E-state index contributed by atoms with van der Waals surface area (Å²) in [7, 11) is 1.21. The van der Waals surface area contributed by atoms with E-state index in [1.807, 2.05) is 0 Å². The maximum Gasteiger partial charge on any atom is 0.378 e. The van der Waals surface area contributed by atoms with Gasteiger partial charge in [-0.3, -0.25) is 4.79 Å². The van der Waals surface area contributed by atoms with Crippen molar-refractivity contribution < 1.29 is 19.5 Å². The molecule has 0 aliphatic heterocycles. The van der Waals surface area contributed by atoms with Gasteiger partial charge >= 0.3 is 5.97 Å². The van der Waals surface area contributed by atoms with Crippen LogP contribution in [0.2, 0.25) is 0 Å². The normalized spacial score (nSPS) is 9.44. The average molecular weight is 131 g/mol. The minimum atomic E-state index is -1.55. The minimum absolute atomic E-state index is 0.586. The molecule has 0 aliphatic rings. The molecule has 5 heteroatoms. The van der Waals surface area contributed by atoms with Gasteiger partial charge in [0.05, 0.1) is 0 Å². The van der Waals surface area contributed by atoms with E-state index in [0.29, 0.717) is 6.21 Å². The van der Waals surface area contributed by atoms with E-state index in [-0.39, 0.29) is 0 Å². The van der Waals surface area contributed by atoms with Crippen LogP contribution in [0.1, 0.15) is 0 Å². The number of carboxylic acid groups (broad SMARTS) is 1. The number of aliphatic carboxylic acids is 1. The maximum absolute atomic E-state index is 10.1. The number of carboxylic acids is 1. The fourth-order valence-electron chi connectivity index (χ4n) is 0.156. The minimum Gasteiger partial charge on any atom is -0.475 e. The molecule has 0 aromatic rings. The lowest BCUT2D eigenvalue weighted by molar-refractivity contribution is -0.145. The summed E-state index contributed by atoms with van der Waals surface area (Å²) in [4.78, 5) is 23.8. The Kier molecular flexibility index (Phi) is 3.04. The quantitative estimate of drug-likeness (QED) is 0.311. The van der Waals surface area contributed by atoms with Gasteiger partial charge in [0, 0.05) is 0 Å². The summed E-state index contributed by atoms with van der Waals surface area (Å²) >= 11 is 0. The topological polar surface area (TPSA) is 76.0 Å². The molecule has 0 aromatic carbocycles. The second kappa shape index (κ2) is 3.59. The Bertz CT molecular complexity index is 151. The van der Waals surface area contributed by atoms with Crippen LogP contribution in [0.3, 0.4) is 0 Å². The Morgan fingerprint density at radius 1 is 1.67 bits per heavy atom. The summed E-state index contributed by atoms with van der Waals surface area (Å²) in [6.07, 6.45) is 0.586. The Hall–Kier alpha value is -1.39. The van der Waals surface area contributed by atoms with E-state index in [1.54, 1.807) is 0 Å². The highest BCUT2D eigenvalue weighted by Gasteiger charge is 2.06. The molecule has 0 rings (SSSR count). The van der Waals surface area contributed by atoms with Crippen LogP contribution in [0.15, 0.2) is 5.16 Å². The Morgan fingerprint density at radius 2 is 2.22 bits per heavy atom. The SMILES string of the molecule is CON=CC(=O)C(=O)O. The first-order chi connectivity index (χ1) is 4.18. The van der Waals surface area contributed by atoms with E-state index in [0.717, 1.165) is 0 Å². The number of Topliss-reactive ketones (excluding diaryl/α,β-unsaturated/α-hetero) is 1. The molecule has 0 amide bonds. The van der Waals surface area contributed by atoms with Crippen LogP contribution in [0.5, 0.6) is 0 Å². The van der Waals surface area contributed by atoms with Crippen LogP contribution < -0.4 is 0 Å². The van der Waals surface area contributed by atoms with E-state index in [1.165, 1.54) is 7.11 Å². The summed E-state index contributed by atoms with van der Waals surface area (Å²) in [5.74, 6) is -2.65. The Morgan fingerprint density at radius 3 is 2.56 bits per heavy atom. The van der Waals surface area contributed by atoms with Gasteiger partial charge in [0.25, 0.3) is 5.78 Å². The van der Waals surface area contributed by atoms with Gasteiger partial charge in [0.15, 0.2) is 0 Å². The third kappa shape index (κ3) is 3.22. The lowest BCUT2D eigenvalue weighted by Gasteiger charge is -1.82. The first-order valence-electron chi connectivity index (χ1n) is 2.02. The number of hydrogen-bond acceptors (Lipinski definition) is 4. The van der Waals surface area contributed by atoms with Gasteiger partial charge in [-0.25, -0.2) is 4.79 Å². The molecule has 0 saturated carbocycles. The highest BCUT2D eigenvalue weighted by Crippen LogP contribution is 1.68. The molecule has 0 atom stereocenters. The van der Waals surface area contributed by atoms with Crippen molar-refractivity contribution in [2.45, 2.75) is 0 Å². The fraction of sp³-hybridized carbons (Fsp3) is 0.250. The van der Waals surface area contributed by atoms with Gasteiger partial charge in [-0.15, -0.1) is 0 Å². The van der Waals surface area contributed by atoms with Crippen LogP contribution in [0.25, 0.3) is 0 Å². The van der Waals surface area contributed by atoms with Crippen molar-refractivity contribution >= 4 is 18.0 Å². The van der Waals surface area contributed by atoms with Gasteiger partial charge in [-0.1, -0.05) is 5.16 Å². The molecule has 0 unspecified atom stereocenters. The highest BCUT2D eigenvalue weighted by atomic mass is 16.6. The van der Waals surface area contributed by atoms with Gasteiger partial charge in [-0.2, -0.15) is 0 Å². The molecule has 0 spiro atoms. The number of carbonyl (C=O) groups excluding carboxylic acids is 1. The molecule has 9 heavy (non-hydrogen) atoms. The lowest BCUT2D eigenvalue weighted by atomic mass is 10.4. The highest BCUT2D eigenvalue weighted by molar-refractivity contribution is 6.56. The van der Waals surface area contributed by atoms with Gasteiger partial charge < -0.3 is 9.94 Å². The van der Waals surface area contributed by atoms with Crippen molar-refractivity contribution in [3.63, 3.8) is 0 Å². The first kappa shape index (κ1) is 7.61. The second-order valence-electron chi connectivity index (χ2n) is 1.09. The smallest absolute Gasteiger partial charge is 0.378 e. The molecule has 0 saturated heterocycles. The van der Waals surface area contributed by atoms with Crippen LogP contribution in [-0.4, -0.2) is 30.2 Å². The Balaban J connectivity index is 3.77. The number of rotatable bonds is 3. The molecule has 0 radical (unpaired) electrons. The Labute approximate surface area is 50.9 Å². The molecular formula is C4H5NO4.